The van der Waals surface area contributed by atoms with Crippen molar-refractivity contribution in [2.75, 3.05) is 39.6 Å². The molecule has 0 radical (unpaired) electrons. The van der Waals surface area contributed by atoms with Gasteiger partial charge in [-0.25, -0.2) is 0 Å². The van der Waals surface area contributed by atoms with Crippen LogP contribution < -0.4 is 0 Å². The van der Waals surface area contributed by atoms with Gasteiger partial charge >= 0.3 is 0 Å². The molecule has 4 saturated carbocycles. The van der Waals surface area contributed by atoms with E-state index in [1.54, 1.807) is 0 Å². The molecule has 6 heterocycles. The fourth-order valence-corrected chi connectivity index (χ4v) is 17.2. The molecule has 0 aromatic heterocycles. The molecule has 0 aromatic carbocycles. The van der Waals surface area contributed by atoms with Crippen LogP contribution in [0, 0.1) is 52.3 Å². The molecule has 30 nitrogen and oxygen atoms in total. The van der Waals surface area contributed by atoms with Gasteiger partial charge in [-0.05, 0) is 97.7 Å². The zero-order valence-electron chi connectivity index (χ0n) is 49.3. The molecule has 0 aromatic rings. The smallest absolute Gasteiger partial charge is 0.187 e. The van der Waals surface area contributed by atoms with Gasteiger partial charge in [0.05, 0.1) is 58.0 Å². The van der Waals surface area contributed by atoms with Gasteiger partial charge in [0.15, 0.2) is 37.2 Å². The number of ether oxygens (including phenoxy) is 11. The van der Waals surface area contributed by atoms with E-state index in [2.05, 4.69) is 13.8 Å². The highest BCUT2D eigenvalue weighted by atomic mass is 16.8. The van der Waals surface area contributed by atoms with Gasteiger partial charge in [0, 0.05) is 12.3 Å². The Bertz CT molecular complexity index is 2220. The molecule has 0 bridgehead atoms. The van der Waals surface area contributed by atoms with Crippen molar-refractivity contribution < 1.29 is 149 Å². The van der Waals surface area contributed by atoms with Crippen molar-refractivity contribution in [3.05, 3.63) is 0 Å². The molecular weight excluding hydrogens is 1160 g/mol. The number of fused-ring (bicyclic) bond motifs is 7. The lowest BCUT2D eigenvalue weighted by Gasteiger charge is -2.62. The third kappa shape index (κ3) is 12.6. The molecule has 10 rings (SSSR count). The Morgan fingerprint density at radius 3 is 1.51 bits per heavy atom. The van der Waals surface area contributed by atoms with Gasteiger partial charge in [-0.1, -0.05) is 27.7 Å². The van der Waals surface area contributed by atoms with E-state index in [9.17, 15) is 97.0 Å². The van der Waals surface area contributed by atoms with Crippen molar-refractivity contribution >= 4 is 0 Å². The zero-order valence-corrected chi connectivity index (χ0v) is 49.3. The summed E-state index contributed by atoms with van der Waals surface area (Å²) in [4.78, 5) is 0. The molecule has 10 aliphatic rings. The fraction of sp³-hybridized carbons (Fsp3) is 1.00. The third-order valence-electron chi connectivity index (χ3n) is 22.2. The summed E-state index contributed by atoms with van der Waals surface area (Å²) in [6.45, 7) is 4.43. The monoisotopic (exact) mass is 1260 g/mol. The number of hydrogen-bond donors (Lipinski definition) is 19. The lowest BCUT2D eigenvalue weighted by Crippen LogP contribution is -2.68. The van der Waals surface area contributed by atoms with Crippen molar-refractivity contribution in [2.24, 2.45) is 52.3 Å². The summed E-state index contributed by atoms with van der Waals surface area (Å²) in [6, 6.07) is 0. The summed E-state index contributed by atoms with van der Waals surface area (Å²) < 4.78 is 65.8. The summed E-state index contributed by atoms with van der Waals surface area (Å²) >= 11 is 0. The maximum Gasteiger partial charge on any atom is 0.187 e. The molecule has 4 aliphatic carbocycles. The molecule has 6 aliphatic heterocycles. The van der Waals surface area contributed by atoms with E-state index in [0.29, 0.717) is 38.5 Å². The van der Waals surface area contributed by atoms with Crippen LogP contribution in [0.5, 0.6) is 0 Å². The largest absolute Gasteiger partial charge is 0.394 e. The second-order valence-electron chi connectivity index (χ2n) is 27.2. The standard InChI is InChI=1S/C57H96O30/c1-20(19-77-50-43(72)39(68)35(64)29(14-58)79-50)5-10-57(76)21(2)34-28(87-57)13-25-23-12-27(63)26-11-22(6-8-55(26,3)24(23)7-9-56(25,34)4)78-51-46(75)42(71)47(33(18-62)83-51)84-54-49(86-53-45(74)41(70)37(66)31(16-60)81-53)48(38(67)32(17-61)82-54)85-52-44(73)40(69)36(65)30(15-59)80-52/h20-54,58-76H,5-19H2,1-4H3/t20?,21?,22?,23?,24?,25?,26-,27?,28?,29-,30-,31-,32-,33-,34?,35-,36-,37-,38-,39+,40+,41+,42-,43-,44-,45-,46-,47+,48+,49-,50-,51-,52+,53+,54+,55?,56?,57?/m1/s1. The maximum atomic E-state index is 12.2. The topological polar surface area (TPSA) is 486 Å². The van der Waals surface area contributed by atoms with E-state index in [-0.39, 0.29) is 65.0 Å². The normalized spacial score (nSPS) is 55.6. The minimum Gasteiger partial charge on any atom is -0.394 e. The van der Waals surface area contributed by atoms with Gasteiger partial charge in [-0.2, -0.15) is 0 Å². The average Bonchev–Trinajstić information content (AvgIpc) is 1.60. The van der Waals surface area contributed by atoms with Crippen molar-refractivity contribution in [3.63, 3.8) is 0 Å². The molecule has 19 N–H and O–H groups in total. The van der Waals surface area contributed by atoms with E-state index in [4.69, 9.17) is 52.1 Å². The van der Waals surface area contributed by atoms with E-state index >= 15 is 0 Å². The van der Waals surface area contributed by atoms with Crippen LogP contribution in [-0.2, 0) is 52.1 Å². The van der Waals surface area contributed by atoms with Gasteiger partial charge in [0.1, 0.15) is 122 Å². The van der Waals surface area contributed by atoms with Gasteiger partial charge in [-0.3, -0.25) is 0 Å². The van der Waals surface area contributed by atoms with Crippen LogP contribution in [0.15, 0.2) is 0 Å². The lowest BCUT2D eigenvalue weighted by molar-refractivity contribution is -0.406. The molecule has 0 spiro atoms. The minimum atomic E-state index is -2.08. The van der Waals surface area contributed by atoms with E-state index in [1.165, 1.54) is 0 Å². The average molecular weight is 1260 g/mol. The Kier molecular flexibility index (Phi) is 21.5. The molecule has 87 heavy (non-hydrogen) atoms. The van der Waals surface area contributed by atoms with Crippen LogP contribution in [0.3, 0.4) is 0 Å². The zero-order chi connectivity index (χ0) is 63.1. The summed E-state index contributed by atoms with van der Waals surface area (Å²) in [7, 11) is 0. The van der Waals surface area contributed by atoms with E-state index in [0.717, 1.165) is 19.3 Å². The molecular formula is C57H96O30. The van der Waals surface area contributed by atoms with E-state index in [1.807, 2.05) is 13.8 Å². The number of aliphatic hydroxyl groups excluding tert-OH is 18. The predicted octanol–water partition coefficient (Wildman–Crippen LogP) is -7.16. The van der Waals surface area contributed by atoms with Crippen LogP contribution in [0.1, 0.15) is 85.5 Å². The first-order chi connectivity index (χ1) is 41.2. The van der Waals surface area contributed by atoms with Crippen molar-refractivity contribution in [3.8, 4) is 0 Å². The Morgan fingerprint density at radius 2 is 0.931 bits per heavy atom. The SMILES string of the molecule is CC(CCC1(O)OC2CC3C4CC(O)[C@H]5CC(O[C@@H]6O[C@H](CO)[C@H](O[C@@H]7O[C@H](CO)[C@@H](O)[C@H](O[C@@H]8O[C@H](CO)[C@@H](O)[C@H](O)[C@H]8O)[C@H]7O[C@@H]7O[C@H](CO)[C@@H](O)[C@H](O)[C@H]7O)[C@H](O)[C@H]6O)CCC5(C)C4CCC3(C)C2C1C)CO[C@@H]1O[C@H](CO)[C@@H](O)[C@H](O)[C@H]1O. The fourth-order valence-electron chi connectivity index (χ4n) is 17.2. The van der Waals surface area contributed by atoms with Crippen molar-refractivity contribution in [2.45, 2.75) is 263 Å². The van der Waals surface area contributed by atoms with Crippen molar-refractivity contribution in [1.29, 1.82) is 0 Å². The second kappa shape index (κ2) is 27.3. The minimum absolute atomic E-state index is 0.0498. The highest BCUT2D eigenvalue weighted by Crippen LogP contribution is 2.71. The first kappa shape index (κ1) is 68.7. The van der Waals surface area contributed by atoms with Gasteiger partial charge in [-0.15, -0.1) is 0 Å². The van der Waals surface area contributed by atoms with Crippen molar-refractivity contribution in [1.82, 2.24) is 0 Å². The molecule has 0 amide bonds. The second-order valence-corrected chi connectivity index (χ2v) is 27.2. The Hall–Kier alpha value is -1.20. The Balaban J connectivity index is 0.777. The van der Waals surface area contributed by atoms with Gasteiger partial charge in [0.25, 0.3) is 0 Å². The summed E-state index contributed by atoms with van der Waals surface area (Å²) in [5.41, 5.74) is -0.511. The van der Waals surface area contributed by atoms with Crippen LogP contribution >= 0.6 is 0 Å². The van der Waals surface area contributed by atoms with Crippen LogP contribution in [0.2, 0.25) is 0 Å². The third-order valence-corrected chi connectivity index (χ3v) is 22.2. The highest BCUT2D eigenvalue weighted by molar-refractivity contribution is 5.16. The van der Waals surface area contributed by atoms with E-state index < -0.39 is 205 Å². The number of hydrogen-bond acceptors (Lipinski definition) is 30. The van der Waals surface area contributed by atoms with Crippen LogP contribution in [0.4, 0.5) is 0 Å². The predicted molar refractivity (Wildman–Crippen MR) is 286 cm³/mol. The molecule has 10 fully saturated rings. The lowest BCUT2D eigenvalue weighted by atomic mass is 9.43. The van der Waals surface area contributed by atoms with Gasteiger partial charge in [0.2, 0.25) is 0 Å². The highest BCUT2D eigenvalue weighted by Gasteiger charge is 2.69. The molecule has 30 heteroatoms. The molecule has 38 atom stereocenters. The first-order valence-electron chi connectivity index (χ1n) is 31.0. The molecule has 12 unspecified atom stereocenters. The van der Waals surface area contributed by atoms with Crippen LogP contribution in [0.25, 0.3) is 0 Å². The first-order valence-corrected chi connectivity index (χ1v) is 31.0. The van der Waals surface area contributed by atoms with Crippen LogP contribution in [-0.4, -0.2) is 314 Å². The Labute approximate surface area is 502 Å². The maximum absolute atomic E-state index is 12.2. The number of aliphatic hydroxyl groups is 19. The summed E-state index contributed by atoms with van der Waals surface area (Å²) in [5.74, 6) is -1.33. The Morgan fingerprint density at radius 1 is 0.460 bits per heavy atom. The molecule has 6 saturated heterocycles. The molecule has 504 valence electrons. The van der Waals surface area contributed by atoms with Gasteiger partial charge < -0.3 is 149 Å². The quantitative estimate of drug-likeness (QED) is 0.0534. The number of rotatable bonds is 19. The summed E-state index contributed by atoms with van der Waals surface area (Å²) in [6.07, 6.45) is -40.2. The summed E-state index contributed by atoms with van der Waals surface area (Å²) in [5, 5.41) is 205.